The van der Waals surface area contributed by atoms with E-state index in [1.54, 1.807) is 0 Å². The van der Waals surface area contributed by atoms with Gasteiger partial charge in [0.2, 0.25) is 0 Å². The molecule has 1 aromatic rings. The van der Waals surface area contributed by atoms with Gasteiger partial charge >= 0.3 is 6.09 Å². The van der Waals surface area contributed by atoms with Crippen molar-refractivity contribution < 1.29 is 9.53 Å². The molecule has 0 unspecified atom stereocenters. The molecule has 2 heterocycles. The van der Waals surface area contributed by atoms with Gasteiger partial charge < -0.3 is 15.0 Å². The second-order valence-corrected chi connectivity index (χ2v) is 7.23. The first-order valence-electron chi connectivity index (χ1n) is 8.03. The standard InChI is InChI=1S/C17H23BrN2O2/c1-3-22-16(21)20-10-5-7-13-12-6-4-8-14(18)15(12)19-17(13,2)9-11-20/h4,6,8,13,19H,3,5,7,9-11H2,1-2H3/t13-,17+/m1/s1. The third-order valence-corrected chi connectivity index (χ3v) is 5.61. The number of halogens is 1. The van der Waals surface area contributed by atoms with Crippen LogP contribution in [-0.4, -0.2) is 36.2 Å². The topological polar surface area (TPSA) is 41.6 Å². The van der Waals surface area contributed by atoms with E-state index >= 15 is 0 Å². The average molecular weight is 367 g/mol. The van der Waals surface area contributed by atoms with E-state index in [0.29, 0.717) is 12.5 Å². The number of likely N-dealkylation sites (tertiary alicyclic amines) is 1. The fourth-order valence-electron chi connectivity index (χ4n) is 3.75. The van der Waals surface area contributed by atoms with Crippen molar-refractivity contribution in [2.75, 3.05) is 25.0 Å². The Morgan fingerprint density at radius 3 is 3.09 bits per heavy atom. The number of nitrogens with one attached hydrogen (secondary N) is 1. The zero-order valence-electron chi connectivity index (χ0n) is 13.2. The van der Waals surface area contributed by atoms with Gasteiger partial charge in [0.25, 0.3) is 0 Å². The van der Waals surface area contributed by atoms with Crippen LogP contribution < -0.4 is 5.32 Å². The van der Waals surface area contributed by atoms with E-state index < -0.39 is 0 Å². The molecule has 0 bridgehead atoms. The van der Waals surface area contributed by atoms with Crippen molar-refractivity contribution in [2.24, 2.45) is 0 Å². The maximum absolute atomic E-state index is 12.0. The molecule has 1 aromatic carbocycles. The Morgan fingerprint density at radius 2 is 2.32 bits per heavy atom. The van der Waals surface area contributed by atoms with Gasteiger partial charge in [-0.15, -0.1) is 0 Å². The van der Waals surface area contributed by atoms with Gasteiger partial charge in [-0.25, -0.2) is 4.79 Å². The van der Waals surface area contributed by atoms with Gasteiger partial charge in [-0.05, 0) is 60.7 Å². The minimum atomic E-state index is -0.179. The number of ether oxygens (including phenoxy) is 1. The molecule has 1 saturated heterocycles. The number of fused-ring (bicyclic) bond motifs is 3. The molecule has 4 nitrogen and oxygen atoms in total. The highest BCUT2D eigenvalue weighted by atomic mass is 79.9. The van der Waals surface area contributed by atoms with Crippen LogP contribution in [0.1, 0.15) is 44.6 Å². The van der Waals surface area contributed by atoms with E-state index in [1.807, 2.05) is 11.8 Å². The number of hydrogen-bond acceptors (Lipinski definition) is 3. The second-order valence-electron chi connectivity index (χ2n) is 6.38. The monoisotopic (exact) mass is 366 g/mol. The van der Waals surface area contributed by atoms with E-state index in [9.17, 15) is 4.79 Å². The van der Waals surface area contributed by atoms with E-state index in [2.05, 4.69) is 46.4 Å². The summed E-state index contributed by atoms with van der Waals surface area (Å²) in [5, 5.41) is 3.71. The summed E-state index contributed by atoms with van der Waals surface area (Å²) in [6.45, 7) is 6.09. The van der Waals surface area contributed by atoms with Gasteiger partial charge in [0.1, 0.15) is 0 Å². The zero-order valence-corrected chi connectivity index (χ0v) is 14.8. The molecule has 1 amide bonds. The Labute approximate surface area is 140 Å². The van der Waals surface area contributed by atoms with Gasteiger partial charge in [-0.1, -0.05) is 12.1 Å². The Kier molecular flexibility index (Phi) is 4.35. The molecule has 2 aliphatic heterocycles. The van der Waals surface area contributed by atoms with Gasteiger partial charge in [0.05, 0.1) is 12.3 Å². The number of anilines is 1. The van der Waals surface area contributed by atoms with E-state index in [1.165, 1.54) is 11.3 Å². The lowest BCUT2D eigenvalue weighted by Crippen LogP contribution is -2.44. The lowest BCUT2D eigenvalue weighted by Gasteiger charge is -2.37. The number of carbonyl (C=O) groups is 1. The van der Waals surface area contributed by atoms with Crippen molar-refractivity contribution in [2.45, 2.75) is 44.6 Å². The molecule has 0 radical (unpaired) electrons. The predicted octanol–water partition coefficient (Wildman–Crippen LogP) is 4.36. The van der Waals surface area contributed by atoms with E-state index in [4.69, 9.17) is 4.74 Å². The fraction of sp³-hybridized carbons (Fsp3) is 0.588. The summed E-state index contributed by atoms with van der Waals surface area (Å²) in [6.07, 6.45) is 2.84. The van der Waals surface area contributed by atoms with Crippen LogP contribution in [0.15, 0.2) is 22.7 Å². The zero-order chi connectivity index (χ0) is 15.7. The lowest BCUT2D eigenvalue weighted by atomic mass is 9.78. The summed E-state index contributed by atoms with van der Waals surface area (Å²) < 4.78 is 6.29. The first-order chi connectivity index (χ1) is 10.5. The minimum absolute atomic E-state index is 0.00261. The van der Waals surface area contributed by atoms with Crippen LogP contribution in [0.2, 0.25) is 0 Å². The highest BCUT2D eigenvalue weighted by molar-refractivity contribution is 9.10. The smallest absolute Gasteiger partial charge is 0.409 e. The van der Waals surface area contributed by atoms with Crippen LogP contribution in [0.3, 0.4) is 0 Å². The lowest BCUT2D eigenvalue weighted by molar-refractivity contribution is 0.0993. The molecule has 22 heavy (non-hydrogen) atoms. The van der Waals surface area contributed by atoms with Crippen molar-refractivity contribution in [1.29, 1.82) is 0 Å². The number of rotatable bonds is 1. The van der Waals surface area contributed by atoms with Gasteiger partial charge in [-0.3, -0.25) is 0 Å². The van der Waals surface area contributed by atoms with E-state index in [0.717, 1.165) is 36.8 Å². The predicted molar refractivity (Wildman–Crippen MR) is 91.4 cm³/mol. The quantitative estimate of drug-likeness (QED) is 0.802. The minimum Gasteiger partial charge on any atom is -0.450 e. The van der Waals surface area contributed by atoms with Crippen molar-refractivity contribution in [1.82, 2.24) is 4.90 Å². The molecule has 0 saturated carbocycles. The molecular formula is C17H23BrN2O2. The second kappa shape index (κ2) is 6.11. The number of para-hydroxylation sites is 1. The molecular weight excluding hydrogens is 344 g/mol. The van der Waals surface area contributed by atoms with Crippen LogP contribution in [0, 0.1) is 0 Å². The first kappa shape index (κ1) is 15.7. The van der Waals surface area contributed by atoms with Gasteiger partial charge in [0.15, 0.2) is 0 Å². The molecule has 0 aliphatic carbocycles. The summed E-state index contributed by atoms with van der Waals surface area (Å²) in [4.78, 5) is 13.9. The Morgan fingerprint density at radius 1 is 1.50 bits per heavy atom. The van der Waals surface area contributed by atoms with Crippen LogP contribution in [-0.2, 0) is 4.74 Å². The Hall–Kier alpha value is -1.23. The van der Waals surface area contributed by atoms with E-state index in [-0.39, 0.29) is 11.6 Å². The number of carbonyl (C=O) groups excluding carboxylic acids is 1. The van der Waals surface area contributed by atoms with Gasteiger partial charge in [0, 0.05) is 29.0 Å². The summed E-state index contributed by atoms with van der Waals surface area (Å²) in [7, 11) is 0. The summed E-state index contributed by atoms with van der Waals surface area (Å²) in [5.74, 6) is 0.504. The highest BCUT2D eigenvalue weighted by Gasteiger charge is 2.43. The van der Waals surface area contributed by atoms with Crippen molar-refractivity contribution in [3.8, 4) is 0 Å². The van der Waals surface area contributed by atoms with Crippen molar-refractivity contribution in [3.63, 3.8) is 0 Å². The Bertz CT molecular complexity index is 578. The van der Waals surface area contributed by atoms with Crippen LogP contribution in [0.5, 0.6) is 0 Å². The third-order valence-electron chi connectivity index (χ3n) is 4.95. The molecule has 1 fully saturated rings. The number of hydrogen-bond donors (Lipinski definition) is 1. The molecule has 0 aromatic heterocycles. The van der Waals surface area contributed by atoms with Crippen LogP contribution in [0.25, 0.3) is 0 Å². The number of nitrogens with zero attached hydrogens (tertiary/aromatic N) is 1. The van der Waals surface area contributed by atoms with Crippen LogP contribution in [0.4, 0.5) is 10.5 Å². The number of amides is 1. The molecule has 120 valence electrons. The summed E-state index contributed by atoms with van der Waals surface area (Å²) >= 11 is 3.65. The molecule has 2 aliphatic rings. The SMILES string of the molecule is CCOC(=O)N1CCC[C@@H]2c3cccc(Br)c3N[C@@]2(C)CC1. The third kappa shape index (κ3) is 2.71. The number of benzene rings is 1. The molecule has 0 spiro atoms. The Balaban J connectivity index is 1.81. The molecule has 1 N–H and O–H groups in total. The maximum atomic E-state index is 12.0. The fourth-order valence-corrected chi connectivity index (χ4v) is 4.23. The summed E-state index contributed by atoms with van der Waals surface area (Å²) in [5.41, 5.74) is 2.62. The largest absolute Gasteiger partial charge is 0.450 e. The van der Waals surface area contributed by atoms with Crippen molar-refractivity contribution >= 4 is 27.7 Å². The van der Waals surface area contributed by atoms with Gasteiger partial charge in [-0.2, -0.15) is 0 Å². The average Bonchev–Trinajstić information content (AvgIpc) is 2.74. The first-order valence-corrected chi connectivity index (χ1v) is 8.83. The highest BCUT2D eigenvalue weighted by Crippen LogP contribution is 2.49. The maximum Gasteiger partial charge on any atom is 0.409 e. The van der Waals surface area contributed by atoms with Crippen molar-refractivity contribution in [3.05, 3.63) is 28.2 Å². The molecule has 2 atom stereocenters. The normalized spacial score (nSPS) is 27.2. The molecule has 3 rings (SSSR count). The summed E-state index contributed by atoms with van der Waals surface area (Å²) in [6, 6.07) is 6.42. The molecule has 5 heteroatoms. The van der Waals surface area contributed by atoms with Crippen LogP contribution >= 0.6 is 15.9 Å².